The number of benzene rings is 1. The molecule has 7 nitrogen and oxygen atoms in total. The highest BCUT2D eigenvalue weighted by molar-refractivity contribution is 7.89. The summed E-state index contributed by atoms with van der Waals surface area (Å²) < 4.78 is 27.1. The molecule has 1 amide bonds. The van der Waals surface area contributed by atoms with Crippen molar-refractivity contribution in [3.05, 3.63) is 45.9 Å². The highest BCUT2D eigenvalue weighted by Crippen LogP contribution is 2.28. The summed E-state index contributed by atoms with van der Waals surface area (Å²) in [6, 6.07) is 5.95. The first-order chi connectivity index (χ1) is 13.5. The van der Waals surface area contributed by atoms with Gasteiger partial charge in [-0.25, -0.2) is 13.4 Å². The molecular formula is C20H25N3O4S2. The fourth-order valence-corrected chi connectivity index (χ4v) is 5.38. The van der Waals surface area contributed by atoms with Gasteiger partial charge in [0.05, 0.1) is 16.1 Å². The maximum absolute atomic E-state index is 12.9. The van der Waals surface area contributed by atoms with Gasteiger partial charge in [-0.05, 0) is 19.1 Å². The Balaban J connectivity index is 1.67. The van der Waals surface area contributed by atoms with Gasteiger partial charge < -0.3 is 4.90 Å². The van der Waals surface area contributed by atoms with Gasteiger partial charge in [0.25, 0.3) is 5.91 Å². The molecule has 0 unspecified atom stereocenters. The number of hydrogen-bond donors (Lipinski definition) is 0. The zero-order valence-electron chi connectivity index (χ0n) is 17.0. The second-order valence-electron chi connectivity index (χ2n) is 8.06. The highest BCUT2D eigenvalue weighted by Gasteiger charge is 2.31. The Bertz CT molecular complexity index is 1010. The number of rotatable bonds is 4. The predicted molar refractivity (Wildman–Crippen MR) is 112 cm³/mol. The number of sulfonamides is 1. The van der Waals surface area contributed by atoms with E-state index in [1.165, 1.54) is 46.8 Å². The first-order valence-electron chi connectivity index (χ1n) is 9.37. The fourth-order valence-electron chi connectivity index (χ4n) is 3.02. The van der Waals surface area contributed by atoms with Crippen molar-refractivity contribution in [2.24, 2.45) is 0 Å². The quantitative estimate of drug-likeness (QED) is 0.689. The van der Waals surface area contributed by atoms with Crippen molar-refractivity contribution >= 4 is 33.1 Å². The number of piperazine rings is 1. The summed E-state index contributed by atoms with van der Waals surface area (Å²) in [5.41, 5.74) is 0.354. The van der Waals surface area contributed by atoms with E-state index in [1.54, 1.807) is 11.1 Å². The van der Waals surface area contributed by atoms with Crippen LogP contribution in [0.5, 0.6) is 0 Å². The number of thiazole rings is 1. The second kappa shape index (κ2) is 7.97. The Morgan fingerprint density at radius 1 is 1.03 bits per heavy atom. The molecule has 1 aromatic carbocycles. The number of nitrogens with zero attached hydrogens (tertiary/aromatic N) is 3. The summed E-state index contributed by atoms with van der Waals surface area (Å²) in [4.78, 5) is 30.9. The van der Waals surface area contributed by atoms with Gasteiger partial charge in [0.2, 0.25) is 10.0 Å². The molecule has 1 aliphatic rings. The van der Waals surface area contributed by atoms with E-state index in [4.69, 9.17) is 0 Å². The Morgan fingerprint density at radius 2 is 1.62 bits per heavy atom. The van der Waals surface area contributed by atoms with Crippen LogP contribution < -0.4 is 0 Å². The summed E-state index contributed by atoms with van der Waals surface area (Å²) in [6.45, 7) is 8.69. The molecule has 0 spiro atoms. The van der Waals surface area contributed by atoms with Crippen LogP contribution in [0.15, 0.2) is 35.4 Å². The molecule has 9 heteroatoms. The number of hydrogen-bond acceptors (Lipinski definition) is 6. The minimum atomic E-state index is -3.66. The van der Waals surface area contributed by atoms with Gasteiger partial charge in [-0.2, -0.15) is 4.31 Å². The van der Waals surface area contributed by atoms with Crippen LogP contribution >= 0.6 is 11.3 Å². The second-order valence-corrected chi connectivity index (χ2v) is 11.0. The molecule has 2 aromatic rings. The summed E-state index contributed by atoms with van der Waals surface area (Å²) >= 11 is 1.39. The average Bonchev–Trinajstić information content (AvgIpc) is 3.18. The maximum atomic E-state index is 12.9. The molecule has 156 valence electrons. The average molecular weight is 436 g/mol. The third-order valence-corrected chi connectivity index (χ3v) is 8.11. The van der Waals surface area contributed by atoms with Gasteiger partial charge in [0, 0.05) is 37.2 Å². The zero-order valence-corrected chi connectivity index (χ0v) is 18.6. The van der Waals surface area contributed by atoms with Gasteiger partial charge in [-0.3, -0.25) is 9.59 Å². The lowest BCUT2D eigenvalue weighted by molar-refractivity contribution is 0.0702. The maximum Gasteiger partial charge on any atom is 0.265 e. The molecule has 1 aliphatic heterocycles. The molecule has 0 bridgehead atoms. The standard InChI is InChI=1S/C20H25N3O4S2/c1-14(24)15-5-7-16(8-6-15)29(26,27)23-11-9-22(10-12-23)18(25)17-13-21-19(28-17)20(2,3)4/h5-8,13H,9-12H2,1-4H3. The number of amides is 1. The molecule has 1 fully saturated rings. The van der Waals surface area contributed by atoms with Crippen molar-refractivity contribution in [3.8, 4) is 0 Å². The monoisotopic (exact) mass is 435 g/mol. The van der Waals surface area contributed by atoms with Crippen LogP contribution in [-0.4, -0.2) is 60.5 Å². The number of carbonyl (C=O) groups is 2. The highest BCUT2D eigenvalue weighted by atomic mass is 32.2. The van der Waals surface area contributed by atoms with Crippen LogP contribution in [0.2, 0.25) is 0 Å². The van der Waals surface area contributed by atoms with Crippen molar-refractivity contribution in [3.63, 3.8) is 0 Å². The molecule has 0 saturated carbocycles. The Morgan fingerprint density at radius 3 is 2.10 bits per heavy atom. The van der Waals surface area contributed by atoms with Crippen molar-refractivity contribution in [2.75, 3.05) is 26.2 Å². The van der Waals surface area contributed by atoms with E-state index in [-0.39, 0.29) is 35.1 Å². The molecule has 1 saturated heterocycles. The van der Waals surface area contributed by atoms with Crippen molar-refractivity contribution < 1.29 is 18.0 Å². The minimum absolute atomic E-state index is 0.110. The molecule has 0 radical (unpaired) electrons. The lowest BCUT2D eigenvalue weighted by atomic mass is 9.98. The molecular weight excluding hydrogens is 410 g/mol. The van der Waals surface area contributed by atoms with Gasteiger partial charge in [0.1, 0.15) is 4.88 Å². The molecule has 0 N–H and O–H groups in total. The van der Waals surface area contributed by atoms with Crippen LogP contribution in [0.4, 0.5) is 0 Å². The SMILES string of the molecule is CC(=O)c1ccc(S(=O)(=O)N2CCN(C(=O)c3cnc(C(C)(C)C)s3)CC2)cc1. The topological polar surface area (TPSA) is 87.7 Å². The Kier molecular flexibility index (Phi) is 5.93. The number of carbonyl (C=O) groups excluding carboxylic acids is 2. The van der Waals surface area contributed by atoms with Gasteiger partial charge in [0.15, 0.2) is 5.78 Å². The molecule has 1 aromatic heterocycles. The number of Topliss-reactive ketones (excluding diaryl/α,β-unsaturated/α-hetero) is 1. The predicted octanol–water partition coefficient (Wildman–Crippen LogP) is 2.79. The minimum Gasteiger partial charge on any atom is -0.335 e. The summed E-state index contributed by atoms with van der Waals surface area (Å²) in [7, 11) is -3.66. The first-order valence-corrected chi connectivity index (χ1v) is 11.6. The van der Waals surface area contributed by atoms with Gasteiger partial charge in [-0.1, -0.05) is 32.9 Å². The fraction of sp³-hybridized carbons (Fsp3) is 0.450. The van der Waals surface area contributed by atoms with Gasteiger partial charge in [-0.15, -0.1) is 11.3 Å². The molecule has 2 heterocycles. The van der Waals surface area contributed by atoms with Crippen LogP contribution in [0.1, 0.15) is 52.7 Å². The van der Waals surface area contributed by atoms with Crippen LogP contribution in [0, 0.1) is 0 Å². The van der Waals surface area contributed by atoms with E-state index in [1.807, 2.05) is 20.8 Å². The van der Waals surface area contributed by atoms with Crippen molar-refractivity contribution in [1.82, 2.24) is 14.2 Å². The lowest BCUT2D eigenvalue weighted by Crippen LogP contribution is -2.50. The van der Waals surface area contributed by atoms with Crippen molar-refractivity contribution in [1.29, 1.82) is 0 Å². The van der Waals surface area contributed by atoms with E-state index in [2.05, 4.69) is 4.98 Å². The van der Waals surface area contributed by atoms with E-state index in [9.17, 15) is 18.0 Å². The van der Waals surface area contributed by atoms with Crippen molar-refractivity contribution in [2.45, 2.75) is 38.0 Å². The summed E-state index contributed by atoms with van der Waals surface area (Å²) in [5.74, 6) is -0.223. The van der Waals surface area contributed by atoms with E-state index in [0.717, 1.165) is 5.01 Å². The summed E-state index contributed by atoms with van der Waals surface area (Å²) in [5, 5.41) is 0.899. The van der Waals surface area contributed by atoms with E-state index < -0.39 is 10.0 Å². The third-order valence-electron chi connectivity index (χ3n) is 4.78. The normalized spacial score (nSPS) is 16.1. The Hall–Kier alpha value is -2.10. The van der Waals surface area contributed by atoms with Crippen LogP contribution in [0.25, 0.3) is 0 Å². The molecule has 0 aliphatic carbocycles. The molecule has 3 rings (SSSR count). The first kappa shape index (κ1) is 21.6. The Labute approximate surface area is 175 Å². The third kappa shape index (κ3) is 4.57. The number of ketones is 1. The van der Waals surface area contributed by atoms with Gasteiger partial charge >= 0.3 is 0 Å². The molecule has 0 atom stereocenters. The van der Waals surface area contributed by atoms with E-state index in [0.29, 0.717) is 23.5 Å². The van der Waals surface area contributed by atoms with E-state index >= 15 is 0 Å². The molecule has 29 heavy (non-hydrogen) atoms. The largest absolute Gasteiger partial charge is 0.335 e. The zero-order chi connectivity index (χ0) is 21.4. The van der Waals surface area contributed by atoms with Crippen LogP contribution in [-0.2, 0) is 15.4 Å². The lowest BCUT2D eigenvalue weighted by Gasteiger charge is -2.33. The number of aromatic nitrogens is 1. The van der Waals surface area contributed by atoms with Crippen LogP contribution in [0.3, 0.4) is 0 Å². The smallest absolute Gasteiger partial charge is 0.265 e. The summed E-state index contributed by atoms with van der Waals surface area (Å²) in [6.07, 6.45) is 1.60.